The number of halogens is 3. The zero-order chi connectivity index (χ0) is 18.3. The maximum absolute atomic E-state index is 13.4. The van der Waals surface area contributed by atoms with Crippen molar-refractivity contribution in [1.29, 1.82) is 0 Å². The fourth-order valence-corrected chi connectivity index (χ4v) is 5.14. The number of nitrogens with zero attached hydrogens (tertiary/aromatic N) is 2. The van der Waals surface area contributed by atoms with Gasteiger partial charge in [-0.15, -0.1) is 12.4 Å². The van der Waals surface area contributed by atoms with Crippen molar-refractivity contribution in [2.24, 2.45) is 0 Å². The molecule has 148 valence electrons. The van der Waals surface area contributed by atoms with Crippen molar-refractivity contribution in [2.45, 2.75) is 50.5 Å². The molecule has 2 heterocycles. The lowest BCUT2D eigenvalue weighted by molar-refractivity contribution is -0.136. The molecule has 7 heteroatoms. The van der Waals surface area contributed by atoms with Crippen LogP contribution < -0.4 is 0 Å². The van der Waals surface area contributed by atoms with Gasteiger partial charge in [-0.25, -0.2) is 0 Å². The number of rotatable bonds is 3. The van der Waals surface area contributed by atoms with Gasteiger partial charge in [-0.2, -0.15) is 0 Å². The molecule has 0 N–H and O–H groups in total. The summed E-state index contributed by atoms with van der Waals surface area (Å²) in [6.45, 7) is 4.02. The van der Waals surface area contributed by atoms with E-state index in [1.807, 2.05) is 4.90 Å². The molecule has 2 aliphatic heterocycles. The molecule has 1 aromatic rings. The number of Topliss-reactive ketones (excluding diaryl/α,β-unsaturated/α-hetero) is 1. The lowest BCUT2D eigenvalue weighted by atomic mass is 9.95. The molecule has 4 nitrogen and oxygen atoms in total. The third kappa shape index (κ3) is 4.00. The minimum absolute atomic E-state index is 0. The van der Waals surface area contributed by atoms with Gasteiger partial charge in [0.25, 0.3) is 0 Å². The zero-order valence-corrected chi connectivity index (χ0v) is 17.6. The van der Waals surface area contributed by atoms with E-state index in [1.54, 1.807) is 12.1 Å². The van der Waals surface area contributed by atoms with E-state index in [1.165, 1.54) is 19.3 Å². The van der Waals surface area contributed by atoms with Gasteiger partial charge >= 0.3 is 0 Å². The van der Waals surface area contributed by atoms with Crippen LogP contribution in [0, 0.1) is 0 Å². The molecule has 2 fully saturated rings. The smallest absolute Gasteiger partial charge is 0.230 e. The Labute approximate surface area is 176 Å². The average molecular weight is 432 g/mol. The van der Waals surface area contributed by atoms with Crippen LogP contribution in [0.2, 0.25) is 10.0 Å². The lowest BCUT2D eigenvalue weighted by Gasteiger charge is -2.39. The molecule has 0 aromatic heterocycles. The minimum atomic E-state index is -0.411. The molecule has 3 aliphatic rings. The molecule has 1 aliphatic carbocycles. The van der Waals surface area contributed by atoms with Gasteiger partial charge in [-0.1, -0.05) is 29.3 Å². The number of carbonyl (C=O) groups excluding carboxylic acids is 2. The summed E-state index contributed by atoms with van der Waals surface area (Å²) in [4.78, 5) is 30.4. The van der Waals surface area contributed by atoms with E-state index in [0.717, 1.165) is 44.6 Å². The van der Waals surface area contributed by atoms with Crippen molar-refractivity contribution in [2.75, 3.05) is 26.2 Å². The van der Waals surface area contributed by atoms with Crippen LogP contribution in [0.5, 0.6) is 0 Å². The number of hydrogen-bond donors (Lipinski definition) is 0. The van der Waals surface area contributed by atoms with E-state index in [-0.39, 0.29) is 41.6 Å². The van der Waals surface area contributed by atoms with E-state index in [2.05, 4.69) is 4.90 Å². The first-order chi connectivity index (χ1) is 12.6. The van der Waals surface area contributed by atoms with Crippen molar-refractivity contribution in [3.63, 3.8) is 0 Å². The first kappa shape index (κ1) is 20.9. The highest BCUT2D eigenvalue weighted by atomic mass is 35.5. The third-order valence-electron chi connectivity index (χ3n) is 6.05. The number of fused-ring (bicyclic) bond motifs is 1. The molecule has 0 bridgehead atoms. The van der Waals surface area contributed by atoms with Gasteiger partial charge in [-0.3, -0.25) is 9.59 Å². The van der Waals surface area contributed by atoms with Crippen LogP contribution in [0.3, 0.4) is 0 Å². The summed E-state index contributed by atoms with van der Waals surface area (Å²) < 4.78 is 0. The van der Waals surface area contributed by atoms with E-state index in [4.69, 9.17) is 23.2 Å². The Hall–Kier alpha value is -0.810. The number of carbonyl (C=O) groups is 2. The van der Waals surface area contributed by atoms with Crippen molar-refractivity contribution < 1.29 is 9.59 Å². The van der Waals surface area contributed by atoms with E-state index < -0.39 is 5.92 Å². The van der Waals surface area contributed by atoms with Crippen molar-refractivity contribution in [3.8, 4) is 0 Å². The maximum Gasteiger partial charge on any atom is 0.230 e. The maximum atomic E-state index is 13.4. The Morgan fingerprint density at radius 1 is 1.07 bits per heavy atom. The molecule has 27 heavy (non-hydrogen) atoms. The fourth-order valence-electron chi connectivity index (χ4n) is 4.70. The molecule has 0 spiro atoms. The number of ketones is 1. The van der Waals surface area contributed by atoms with Gasteiger partial charge in [0, 0.05) is 31.1 Å². The molecule has 2 saturated heterocycles. The third-order valence-corrected chi connectivity index (χ3v) is 6.85. The Balaban J connectivity index is 0.00000210. The van der Waals surface area contributed by atoms with Gasteiger partial charge < -0.3 is 9.80 Å². The molecule has 0 saturated carbocycles. The summed E-state index contributed by atoms with van der Waals surface area (Å²) in [5.41, 5.74) is 1.20. The molecular formula is C20H25Cl3N2O2. The minimum Gasteiger partial charge on any atom is -0.338 e. The highest BCUT2D eigenvalue weighted by molar-refractivity contribution is 6.44. The Kier molecular flexibility index (Phi) is 6.73. The second-order valence-corrected chi connectivity index (χ2v) is 8.48. The summed E-state index contributed by atoms with van der Waals surface area (Å²) in [7, 11) is 0. The standard InChI is InChI=1S/C20H24Cl2N2O2.ClH/c21-16-7-6-14-15(11-17(25)18(14)19(16)22)20(26)24-10-2-1-5-13(24)12-23-8-3-4-9-23;/h6-7,13,15H,1-5,8-12H2;1H. The predicted octanol–water partition coefficient (Wildman–Crippen LogP) is 4.56. The number of amides is 1. The van der Waals surface area contributed by atoms with Crippen LogP contribution in [0.1, 0.15) is 60.4 Å². The summed E-state index contributed by atoms with van der Waals surface area (Å²) in [6, 6.07) is 3.76. The van der Waals surface area contributed by atoms with Gasteiger partial charge in [0.2, 0.25) is 5.91 Å². The van der Waals surface area contributed by atoms with E-state index in [0.29, 0.717) is 10.6 Å². The van der Waals surface area contributed by atoms with Crippen molar-refractivity contribution >= 4 is 47.3 Å². The number of benzene rings is 1. The normalized spacial score (nSPS) is 25.4. The van der Waals surface area contributed by atoms with Gasteiger partial charge in [-0.05, 0) is 56.8 Å². The van der Waals surface area contributed by atoms with Gasteiger partial charge in [0.1, 0.15) is 0 Å². The Morgan fingerprint density at radius 2 is 1.78 bits per heavy atom. The quantitative estimate of drug-likeness (QED) is 0.704. The van der Waals surface area contributed by atoms with Crippen LogP contribution in [0.15, 0.2) is 12.1 Å². The topological polar surface area (TPSA) is 40.6 Å². The van der Waals surface area contributed by atoms with Crippen LogP contribution in [-0.4, -0.2) is 53.7 Å². The summed E-state index contributed by atoms with van der Waals surface area (Å²) in [5, 5.41) is 0.661. The highest BCUT2D eigenvalue weighted by Crippen LogP contribution is 2.41. The van der Waals surface area contributed by atoms with Gasteiger partial charge in [0.05, 0.1) is 16.0 Å². The summed E-state index contributed by atoms with van der Waals surface area (Å²) in [6.07, 6.45) is 5.98. The summed E-state index contributed by atoms with van der Waals surface area (Å²) >= 11 is 12.3. The van der Waals surface area contributed by atoms with Gasteiger partial charge in [0.15, 0.2) is 5.78 Å². The van der Waals surface area contributed by atoms with Crippen LogP contribution in [-0.2, 0) is 4.79 Å². The number of hydrogen-bond acceptors (Lipinski definition) is 3. The molecule has 4 rings (SSSR count). The monoisotopic (exact) mass is 430 g/mol. The molecule has 2 unspecified atom stereocenters. The van der Waals surface area contributed by atoms with Crippen LogP contribution >= 0.6 is 35.6 Å². The number of piperidine rings is 1. The molecule has 1 aromatic carbocycles. The Morgan fingerprint density at radius 3 is 2.52 bits per heavy atom. The first-order valence-corrected chi connectivity index (χ1v) is 10.4. The van der Waals surface area contributed by atoms with Crippen LogP contribution in [0.25, 0.3) is 0 Å². The SMILES string of the molecule is Cl.O=C1CC(C(=O)N2CCCCC2CN2CCCC2)c2ccc(Cl)c(Cl)c21. The van der Waals surface area contributed by atoms with Crippen molar-refractivity contribution in [3.05, 3.63) is 33.3 Å². The zero-order valence-electron chi connectivity index (χ0n) is 15.3. The van der Waals surface area contributed by atoms with Crippen LogP contribution in [0.4, 0.5) is 0 Å². The second-order valence-electron chi connectivity index (χ2n) is 7.69. The predicted molar refractivity (Wildman–Crippen MR) is 110 cm³/mol. The molecular weight excluding hydrogens is 407 g/mol. The van der Waals surface area contributed by atoms with E-state index in [9.17, 15) is 9.59 Å². The Bertz CT molecular complexity index is 734. The van der Waals surface area contributed by atoms with Crippen molar-refractivity contribution in [1.82, 2.24) is 9.80 Å². The van der Waals surface area contributed by atoms with E-state index >= 15 is 0 Å². The second kappa shape index (κ2) is 8.69. The largest absolute Gasteiger partial charge is 0.338 e. The molecule has 0 radical (unpaired) electrons. The summed E-state index contributed by atoms with van der Waals surface area (Å²) in [5.74, 6) is -0.398. The first-order valence-electron chi connectivity index (χ1n) is 9.60. The average Bonchev–Trinajstić information content (AvgIpc) is 3.26. The highest BCUT2D eigenvalue weighted by Gasteiger charge is 2.40. The molecule has 1 amide bonds. The number of likely N-dealkylation sites (tertiary alicyclic amines) is 2. The molecule has 2 atom stereocenters. The fraction of sp³-hybridized carbons (Fsp3) is 0.600. The lowest BCUT2D eigenvalue weighted by Crippen LogP contribution is -2.50.